The molecule has 7 heteroatoms. The van der Waals surface area contributed by atoms with Crippen molar-refractivity contribution >= 4 is 10.0 Å². The lowest BCUT2D eigenvalue weighted by molar-refractivity contribution is 0.275. The molecule has 1 aromatic heterocycles. The van der Waals surface area contributed by atoms with E-state index in [4.69, 9.17) is 5.11 Å². The van der Waals surface area contributed by atoms with Crippen molar-refractivity contribution < 1.29 is 17.9 Å². The molecule has 0 unspecified atom stereocenters. The fourth-order valence-corrected chi connectivity index (χ4v) is 3.75. The van der Waals surface area contributed by atoms with Gasteiger partial charge in [-0.1, -0.05) is 6.07 Å². The summed E-state index contributed by atoms with van der Waals surface area (Å²) < 4.78 is 38.9. The van der Waals surface area contributed by atoms with E-state index in [0.29, 0.717) is 24.0 Å². The van der Waals surface area contributed by atoms with Crippen LogP contribution in [0.25, 0.3) is 11.1 Å². The Labute approximate surface area is 122 Å². The van der Waals surface area contributed by atoms with E-state index in [0.717, 1.165) is 9.65 Å². The molecule has 1 saturated carbocycles. The van der Waals surface area contributed by atoms with Crippen LogP contribution >= 0.6 is 0 Å². The van der Waals surface area contributed by atoms with Gasteiger partial charge in [0.15, 0.2) is 0 Å². The van der Waals surface area contributed by atoms with Crippen LogP contribution < -0.4 is 0 Å². The van der Waals surface area contributed by atoms with Gasteiger partial charge in [-0.05, 0) is 37.0 Å². The Balaban J connectivity index is 2.02. The summed E-state index contributed by atoms with van der Waals surface area (Å²) >= 11 is 0. The monoisotopic (exact) mass is 310 g/mol. The molecule has 112 valence electrons. The van der Waals surface area contributed by atoms with Crippen molar-refractivity contribution in [2.24, 2.45) is 0 Å². The van der Waals surface area contributed by atoms with Gasteiger partial charge < -0.3 is 5.11 Å². The van der Waals surface area contributed by atoms with Gasteiger partial charge in [0.25, 0.3) is 10.0 Å². The van der Waals surface area contributed by atoms with E-state index >= 15 is 0 Å². The van der Waals surface area contributed by atoms with Gasteiger partial charge in [0.1, 0.15) is 5.82 Å². The van der Waals surface area contributed by atoms with Crippen LogP contribution in [-0.4, -0.2) is 28.0 Å². The van der Waals surface area contributed by atoms with Crippen molar-refractivity contribution in [1.29, 1.82) is 0 Å². The maximum atomic E-state index is 13.8. The summed E-state index contributed by atoms with van der Waals surface area (Å²) in [4.78, 5) is 0. The molecule has 21 heavy (non-hydrogen) atoms. The molecule has 0 bridgehead atoms. The molecule has 0 spiro atoms. The predicted molar refractivity (Wildman–Crippen MR) is 75.6 cm³/mol. The summed E-state index contributed by atoms with van der Waals surface area (Å²) in [7, 11) is -3.42. The summed E-state index contributed by atoms with van der Waals surface area (Å²) in [5.41, 5.74) is 2.08. The molecule has 0 amide bonds. The first-order valence-electron chi connectivity index (χ1n) is 6.63. The van der Waals surface area contributed by atoms with Gasteiger partial charge >= 0.3 is 0 Å². The normalized spacial score (nSPS) is 15.4. The van der Waals surface area contributed by atoms with E-state index in [1.807, 2.05) is 0 Å². The number of halogens is 1. The minimum Gasteiger partial charge on any atom is -0.392 e. The Bertz CT molecular complexity index is 795. The second-order valence-corrected chi connectivity index (χ2v) is 7.33. The maximum absolute atomic E-state index is 13.8. The quantitative estimate of drug-likeness (QED) is 0.935. The molecule has 5 nitrogen and oxygen atoms in total. The summed E-state index contributed by atoms with van der Waals surface area (Å²) in [5, 5.41) is 12.6. The molecule has 0 radical (unpaired) electrons. The Hall–Kier alpha value is -1.73. The second kappa shape index (κ2) is 4.92. The number of rotatable bonds is 4. The third-order valence-electron chi connectivity index (χ3n) is 3.64. The third-order valence-corrected chi connectivity index (χ3v) is 5.68. The zero-order chi connectivity index (χ0) is 15.2. The van der Waals surface area contributed by atoms with Crippen LogP contribution in [0, 0.1) is 12.7 Å². The van der Waals surface area contributed by atoms with Gasteiger partial charge in [-0.3, -0.25) is 0 Å². The smallest absolute Gasteiger partial charge is 0.256 e. The van der Waals surface area contributed by atoms with Crippen LogP contribution in [0.4, 0.5) is 4.39 Å². The highest BCUT2D eigenvalue weighted by Crippen LogP contribution is 2.31. The molecule has 1 fully saturated rings. The highest BCUT2D eigenvalue weighted by molar-refractivity contribution is 7.90. The number of nitrogens with zero attached hydrogens (tertiary/aromatic N) is 2. The molecule has 1 aliphatic carbocycles. The highest BCUT2D eigenvalue weighted by Gasteiger charge is 2.37. The minimum atomic E-state index is -3.42. The predicted octanol–water partition coefficient (Wildman–Crippen LogP) is 1.83. The minimum absolute atomic E-state index is 0.217. The number of aliphatic hydroxyl groups is 1. The van der Waals surface area contributed by atoms with Crippen molar-refractivity contribution in [2.75, 3.05) is 0 Å². The summed E-state index contributed by atoms with van der Waals surface area (Å²) in [6, 6.07) is 2.85. The number of benzene rings is 1. The number of hydrogen-bond donors (Lipinski definition) is 1. The zero-order valence-corrected chi connectivity index (χ0v) is 12.3. The second-order valence-electron chi connectivity index (χ2n) is 5.26. The Morgan fingerprint density at radius 2 is 2.14 bits per heavy atom. The molecule has 3 rings (SSSR count). The van der Waals surface area contributed by atoms with Crippen LogP contribution in [0.3, 0.4) is 0 Å². The average Bonchev–Trinajstić information content (AvgIpc) is 3.19. The maximum Gasteiger partial charge on any atom is 0.256 e. The number of aromatic nitrogens is 2. The summed E-state index contributed by atoms with van der Waals surface area (Å²) in [6.07, 6.45) is 4.15. The first kappa shape index (κ1) is 14.2. The molecule has 2 aromatic rings. The molecule has 1 aromatic carbocycles. The van der Waals surface area contributed by atoms with Crippen LogP contribution in [-0.2, 0) is 16.6 Å². The summed E-state index contributed by atoms with van der Waals surface area (Å²) in [6.45, 7) is 1.41. The van der Waals surface area contributed by atoms with Crippen LogP contribution in [0.1, 0.15) is 24.0 Å². The molecule has 0 saturated heterocycles. The molecule has 1 N–H and O–H groups in total. The first-order chi connectivity index (χ1) is 9.93. The van der Waals surface area contributed by atoms with Crippen LogP contribution in [0.2, 0.25) is 0 Å². The lowest BCUT2D eigenvalue weighted by Gasteiger charge is -2.07. The first-order valence-corrected chi connectivity index (χ1v) is 8.13. The Morgan fingerprint density at radius 3 is 2.76 bits per heavy atom. The van der Waals surface area contributed by atoms with Crippen molar-refractivity contribution in [2.45, 2.75) is 31.6 Å². The third kappa shape index (κ3) is 2.47. The number of aliphatic hydroxyl groups excluding tert-OH is 1. The van der Waals surface area contributed by atoms with E-state index in [9.17, 15) is 12.8 Å². The number of hydrogen-bond acceptors (Lipinski definition) is 4. The van der Waals surface area contributed by atoms with Crippen molar-refractivity contribution in [3.63, 3.8) is 0 Å². The fourth-order valence-electron chi connectivity index (χ4n) is 2.28. The van der Waals surface area contributed by atoms with Gasteiger partial charge in [-0.25, -0.2) is 12.8 Å². The van der Waals surface area contributed by atoms with Crippen LogP contribution in [0.15, 0.2) is 24.5 Å². The van der Waals surface area contributed by atoms with Crippen molar-refractivity contribution in [3.05, 3.63) is 41.5 Å². The largest absolute Gasteiger partial charge is 0.392 e. The van der Waals surface area contributed by atoms with E-state index in [2.05, 4.69) is 5.10 Å². The highest BCUT2D eigenvalue weighted by atomic mass is 32.2. The van der Waals surface area contributed by atoms with E-state index < -0.39 is 15.8 Å². The van der Waals surface area contributed by atoms with Crippen molar-refractivity contribution in [1.82, 2.24) is 9.19 Å². The standard InChI is InChI=1S/C14H15FN2O3S/c1-9-4-10(8-18)14(15)5-13(9)11-6-16-17(7-11)21(19,20)12-2-3-12/h4-7,12,18H,2-3,8H2,1H3. The lowest BCUT2D eigenvalue weighted by Crippen LogP contribution is -2.17. The van der Waals surface area contributed by atoms with Gasteiger partial charge in [0.2, 0.25) is 0 Å². The fraction of sp³-hybridized carbons (Fsp3) is 0.357. The molecule has 0 atom stereocenters. The van der Waals surface area contributed by atoms with E-state index in [1.165, 1.54) is 18.5 Å². The van der Waals surface area contributed by atoms with Gasteiger partial charge in [-0.15, -0.1) is 0 Å². The average molecular weight is 310 g/mol. The van der Waals surface area contributed by atoms with Gasteiger partial charge in [0, 0.05) is 11.1 Å². The molecular formula is C14H15FN2O3S. The Morgan fingerprint density at radius 1 is 1.43 bits per heavy atom. The SMILES string of the molecule is Cc1cc(CO)c(F)cc1-c1cnn(S(=O)(=O)C2CC2)c1. The molecular weight excluding hydrogens is 295 g/mol. The lowest BCUT2D eigenvalue weighted by atomic mass is 10.0. The van der Waals surface area contributed by atoms with Crippen molar-refractivity contribution in [3.8, 4) is 11.1 Å². The molecule has 0 aliphatic heterocycles. The topological polar surface area (TPSA) is 72.2 Å². The van der Waals surface area contributed by atoms with Gasteiger partial charge in [-0.2, -0.15) is 9.19 Å². The van der Waals surface area contributed by atoms with Gasteiger partial charge in [0.05, 0.1) is 24.3 Å². The van der Waals surface area contributed by atoms with E-state index in [-0.39, 0.29) is 17.4 Å². The number of aryl methyl sites for hydroxylation is 1. The molecule has 1 heterocycles. The van der Waals surface area contributed by atoms with Crippen LogP contribution in [0.5, 0.6) is 0 Å². The Kier molecular flexibility index (Phi) is 3.33. The molecule has 1 aliphatic rings. The van der Waals surface area contributed by atoms with E-state index in [1.54, 1.807) is 13.0 Å². The summed E-state index contributed by atoms with van der Waals surface area (Å²) in [5.74, 6) is -0.518. The zero-order valence-electron chi connectivity index (χ0n) is 11.5.